The Balaban J connectivity index is 1.64. The van der Waals surface area contributed by atoms with E-state index in [0.29, 0.717) is 23.9 Å². The van der Waals surface area contributed by atoms with Crippen LogP contribution in [0.5, 0.6) is 0 Å². The van der Waals surface area contributed by atoms with Crippen LogP contribution in [0.1, 0.15) is 22.5 Å². The molecule has 2 aliphatic heterocycles. The van der Waals surface area contributed by atoms with E-state index in [-0.39, 0.29) is 12.0 Å². The van der Waals surface area contributed by atoms with Gasteiger partial charge in [-0.05, 0) is 31.4 Å². The number of likely N-dealkylation sites (tertiary alicyclic amines) is 1. The minimum Gasteiger partial charge on any atom is -0.385 e. The number of ether oxygens (including phenoxy) is 2. The summed E-state index contributed by atoms with van der Waals surface area (Å²) >= 11 is 0. The summed E-state index contributed by atoms with van der Waals surface area (Å²) in [6.45, 7) is 4.95. The van der Waals surface area contributed by atoms with Crippen molar-refractivity contribution in [3.05, 3.63) is 29.6 Å². The minimum absolute atomic E-state index is 0.0611. The molecule has 0 aliphatic carbocycles. The second-order valence-electron chi connectivity index (χ2n) is 5.98. The van der Waals surface area contributed by atoms with Crippen LogP contribution in [0, 0.1) is 18.8 Å². The first kappa shape index (κ1) is 14.5. The van der Waals surface area contributed by atoms with E-state index in [9.17, 15) is 4.79 Å². The molecular formula is C16H22N2O3. The quantitative estimate of drug-likeness (QED) is 0.843. The molecule has 21 heavy (non-hydrogen) atoms. The van der Waals surface area contributed by atoms with Crippen LogP contribution in [-0.2, 0) is 9.47 Å². The molecule has 3 rings (SSSR count). The third kappa shape index (κ3) is 2.94. The normalized spacial score (nSPS) is 27.9. The van der Waals surface area contributed by atoms with Crippen LogP contribution in [0.15, 0.2) is 18.3 Å². The molecule has 0 bridgehead atoms. The third-order valence-electron chi connectivity index (χ3n) is 4.58. The highest BCUT2D eigenvalue weighted by Gasteiger charge is 2.44. The smallest absolute Gasteiger partial charge is 0.255 e. The van der Waals surface area contributed by atoms with Gasteiger partial charge in [0.15, 0.2) is 0 Å². The minimum atomic E-state index is 0.0611. The van der Waals surface area contributed by atoms with Gasteiger partial charge in [0.05, 0.1) is 18.3 Å². The van der Waals surface area contributed by atoms with Crippen molar-refractivity contribution in [2.24, 2.45) is 11.8 Å². The lowest BCUT2D eigenvalue weighted by Crippen LogP contribution is -2.31. The van der Waals surface area contributed by atoms with Gasteiger partial charge in [0, 0.05) is 44.6 Å². The van der Waals surface area contributed by atoms with E-state index in [4.69, 9.17) is 9.47 Å². The Labute approximate surface area is 125 Å². The fourth-order valence-electron chi connectivity index (χ4n) is 3.31. The Morgan fingerprint density at radius 1 is 1.48 bits per heavy atom. The lowest BCUT2D eigenvalue weighted by Gasteiger charge is -2.19. The number of fused-ring (bicyclic) bond motifs is 1. The standard InChI is InChI=1S/C16H22N2O3/c1-11-3-4-12(7-17-11)16(19)18-8-14-13(5-6-20-2)10-21-15(14)9-18/h3-4,7,13-15H,5-6,8-10H2,1-2H3/t13-,14-,15-/m1/s1. The largest absolute Gasteiger partial charge is 0.385 e. The number of aromatic nitrogens is 1. The second-order valence-corrected chi connectivity index (χ2v) is 5.98. The first-order valence-electron chi connectivity index (χ1n) is 7.51. The molecule has 0 radical (unpaired) electrons. The predicted octanol–water partition coefficient (Wildman–Crippen LogP) is 1.51. The highest BCUT2D eigenvalue weighted by Crippen LogP contribution is 2.35. The number of pyridine rings is 1. The van der Waals surface area contributed by atoms with Gasteiger partial charge < -0.3 is 14.4 Å². The van der Waals surface area contributed by atoms with Gasteiger partial charge in [-0.2, -0.15) is 0 Å². The predicted molar refractivity (Wildman–Crippen MR) is 78.1 cm³/mol. The van der Waals surface area contributed by atoms with Crippen LogP contribution in [0.4, 0.5) is 0 Å². The summed E-state index contributed by atoms with van der Waals surface area (Å²) in [7, 11) is 1.72. The maximum absolute atomic E-state index is 12.5. The molecule has 5 nitrogen and oxygen atoms in total. The zero-order chi connectivity index (χ0) is 14.8. The van der Waals surface area contributed by atoms with Gasteiger partial charge in [0.2, 0.25) is 0 Å². The molecule has 0 spiro atoms. The SMILES string of the molecule is COCC[C@@H]1CO[C@@H]2CN(C(=O)c3ccc(C)nc3)C[C@H]12. The summed E-state index contributed by atoms with van der Waals surface area (Å²) in [6, 6.07) is 3.73. The van der Waals surface area contributed by atoms with E-state index in [1.54, 1.807) is 13.3 Å². The molecule has 114 valence electrons. The van der Waals surface area contributed by atoms with Crippen LogP contribution in [0.2, 0.25) is 0 Å². The van der Waals surface area contributed by atoms with Crippen molar-refractivity contribution in [1.29, 1.82) is 0 Å². The fraction of sp³-hybridized carbons (Fsp3) is 0.625. The van der Waals surface area contributed by atoms with Gasteiger partial charge in [-0.25, -0.2) is 0 Å². The first-order chi connectivity index (χ1) is 10.2. The average molecular weight is 290 g/mol. The zero-order valence-corrected chi connectivity index (χ0v) is 12.6. The third-order valence-corrected chi connectivity index (χ3v) is 4.58. The number of nitrogens with zero attached hydrogens (tertiary/aromatic N) is 2. The van der Waals surface area contributed by atoms with Crippen molar-refractivity contribution in [3.63, 3.8) is 0 Å². The Morgan fingerprint density at radius 3 is 3.05 bits per heavy atom. The number of methoxy groups -OCH3 is 1. The molecular weight excluding hydrogens is 268 g/mol. The van der Waals surface area contributed by atoms with Crippen LogP contribution in [0.3, 0.4) is 0 Å². The maximum atomic E-state index is 12.5. The van der Waals surface area contributed by atoms with Gasteiger partial charge in [0.25, 0.3) is 5.91 Å². The van der Waals surface area contributed by atoms with Crippen molar-refractivity contribution in [2.75, 3.05) is 33.4 Å². The van der Waals surface area contributed by atoms with Gasteiger partial charge in [-0.15, -0.1) is 0 Å². The molecule has 2 aliphatic rings. The van der Waals surface area contributed by atoms with Gasteiger partial charge in [-0.1, -0.05) is 0 Å². The highest BCUT2D eigenvalue weighted by atomic mass is 16.5. The van der Waals surface area contributed by atoms with Crippen molar-refractivity contribution in [3.8, 4) is 0 Å². The lowest BCUT2D eigenvalue weighted by molar-refractivity contribution is 0.0666. The summed E-state index contributed by atoms with van der Waals surface area (Å²) in [5, 5.41) is 0. The maximum Gasteiger partial charge on any atom is 0.255 e. The number of hydrogen-bond donors (Lipinski definition) is 0. The summed E-state index contributed by atoms with van der Waals surface area (Å²) < 4.78 is 11.0. The van der Waals surface area contributed by atoms with Crippen LogP contribution in [0.25, 0.3) is 0 Å². The van der Waals surface area contributed by atoms with E-state index < -0.39 is 0 Å². The van der Waals surface area contributed by atoms with Gasteiger partial charge >= 0.3 is 0 Å². The van der Waals surface area contributed by atoms with Gasteiger partial charge in [0.1, 0.15) is 0 Å². The van der Waals surface area contributed by atoms with Crippen molar-refractivity contribution in [1.82, 2.24) is 9.88 Å². The number of carbonyl (C=O) groups excluding carboxylic acids is 1. The summed E-state index contributed by atoms with van der Waals surface area (Å²) in [5.41, 5.74) is 1.59. The van der Waals surface area contributed by atoms with Crippen LogP contribution >= 0.6 is 0 Å². The summed E-state index contributed by atoms with van der Waals surface area (Å²) in [4.78, 5) is 18.6. The molecule has 0 saturated carbocycles. The van der Waals surface area contributed by atoms with E-state index in [2.05, 4.69) is 4.98 Å². The highest BCUT2D eigenvalue weighted by molar-refractivity contribution is 5.94. The molecule has 0 unspecified atom stereocenters. The molecule has 3 heterocycles. The molecule has 2 saturated heterocycles. The molecule has 2 fully saturated rings. The molecule has 3 atom stereocenters. The number of amides is 1. The van der Waals surface area contributed by atoms with Crippen molar-refractivity contribution in [2.45, 2.75) is 19.4 Å². The molecule has 1 aromatic heterocycles. The molecule has 0 N–H and O–H groups in total. The topological polar surface area (TPSA) is 51.7 Å². The molecule has 0 aromatic carbocycles. The Hall–Kier alpha value is -1.46. The fourth-order valence-corrected chi connectivity index (χ4v) is 3.31. The monoisotopic (exact) mass is 290 g/mol. The van der Waals surface area contributed by atoms with Crippen LogP contribution < -0.4 is 0 Å². The summed E-state index contributed by atoms with van der Waals surface area (Å²) in [6.07, 6.45) is 2.86. The van der Waals surface area contributed by atoms with E-state index in [1.165, 1.54) is 0 Å². The first-order valence-corrected chi connectivity index (χ1v) is 7.51. The molecule has 5 heteroatoms. The van der Waals surface area contributed by atoms with Crippen LogP contribution in [-0.4, -0.2) is 55.3 Å². The van der Waals surface area contributed by atoms with Gasteiger partial charge in [-0.3, -0.25) is 9.78 Å². The average Bonchev–Trinajstić information content (AvgIpc) is 3.06. The number of hydrogen-bond acceptors (Lipinski definition) is 4. The Bertz CT molecular complexity index is 503. The Kier molecular flexibility index (Phi) is 4.22. The number of rotatable bonds is 4. The number of aryl methyl sites for hydroxylation is 1. The van der Waals surface area contributed by atoms with Crippen molar-refractivity contribution < 1.29 is 14.3 Å². The van der Waals surface area contributed by atoms with E-state index in [1.807, 2.05) is 24.0 Å². The molecule has 1 aromatic rings. The summed E-state index contributed by atoms with van der Waals surface area (Å²) in [5.74, 6) is 1.01. The lowest BCUT2D eigenvalue weighted by atomic mass is 9.91. The Morgan fingerprint density at radius 2 is 2.33 bits per heavy atom. The molecule has 1 amide bonds. The van der Waals surface area contributed by atoms with Crippen molar-refractivity contribution >= 4 is 5.91 Å². The zero-order valence-electron chi connectivity index (χ0n) is 12.6. The number of carbonyl (C=O) groups is 1. The second kappa shape index (κ2) is 6.12. The van der Waals surface area contributed by atoms with E-state index in [0.717, 1.165) is 31.9 Å². The van der Waals surface area contributed by atoms with E-state index >= 15 is 0 Å².